The molecule has 253 valence electrons. The summed E-state index contributed by atoms with van der Waals surface area (Å²) in [7, 11) is 2.49. The van der Waals surface area contributed by atoms with Gasteiger partial charge in [0.15, 0.2) is 7.28 Å². The predicted molar refractivity (Wildman–Crippen MR) is 221 cm³/mol. The zero-order chi connectivity index (χ0) is 35.1. The Bertz CT molecular complexity index is 2660. The number of para-hydroxylation sites is 4. The molecule has 1 N–H and O–H groups in total. The smallest absolute Gasteiger partial charge is 0.197 e. The van der Waals surface area contributed by atoms with E-state index in [0.717, 1.165) is 11.4 Å². The van der Waals surface area contributed by atoms with E-state index in [1.807, 2.05) is 0 Å². The van der Waals surface area contributed by atoms with Crippen LogP contribution < -0.4 is 21.1 Å². The lowest BCUT2D eigenvalue weighted by Gasteiger charge is -2.50. The summed E-state index contributed by atoms with van der Waals surface area (Å²) in [6, 6.07) is 43.6. The number of anilines is 4. The van der Waals surface area contributed by atoms with E-state index < -0.39 is 0 Å². The molecule has 6 aromatic carbocycles. The number of nitrogens with one attached hydrogen (secondary N) is 1. The predicted octanol–water partition coefficient (Wildman–Crippen LogP) is 10.9. The Balaban J connectivity index is 1.30. The minimum Gasteiger partial charge on any atom is -0.355 e. The number of hydrogen-bond acceptors (Lipinski definition) is 2. The van der Waals surface area contributed by atoms with Crippen molar-refractivity contribution < 1.29 is 0 Å². The summed E-state index contributed by atoms with van der Waals surface area (Å²) < 4.78 is 2.67. The first-order valence-electron chi connectivity index (χ1n) is 19.2. The molecule has 52 heavy (non-hydrogen) atoms. The molecule has 7 aromatic rings. The maximum atomic E-state index is 3.83. The van der Waals surface area contributed by atoms with Gasteiger partial charge in [-0.3, -0.25) is 0 Å². The van der Waals surface area contributed by atoms with E-state index in [0.29, 0.717) is 0 Å². The molecule has 4 aliphatic rings. The van der Waals surface area contributed by atoms with E-state index in [4.69, 9.17) is 0 Å². The third kappa shape index (κ3) is 3.68. The first-order valence-corrected chi connectivity index (χ1v) is 19.2. The topological polar surface area (TPSA) is 20.2 Å². The van der Waals surface area contributed by atoms with Crippen LogP contribution in [0.15, 0.2) is 115 Å². The van der Waals surface area contributed by atoms with Crippen molar-refractivity contribution in [3.63, 3.8) is 0 Å². The second kappa shape index (κ2) is 10.2. The Hall–Kier alpha value is -5.22. The van der Waals surface area contributed by atoms with Crippen LogP contribution in [0.25, 0.3) is 38.6 Å². The molecule has 3 aliphatic heterocycles. The number of aryl methyl sites for hydroxylation is 1. The van der Waals surface area contributed by atoms with Gasteiger partial charge in [0.2, 0.25) is 0 Å². The molecule has 2 atom stereocenters. The molecule has 0 bridgehead atoms. The van der Waals surface area contributed by atoms with Crippen LogP contribution in [0.5, 0.6) is 0 Å². The van der Waals surface area contributed by atoms with Crippen LogP contribution in [0.4, 0.5) is 22.7 Å². The van der Waals surface area contributed by atoms with Gasteiger partial charge in [0.1, 0.15) is 0 Å². The molecular formula is C48H43BN3. The highest BCUT2D eigenvalue weighted by molar-refractivity contribution is 6.73. The average molecular weight is 673 g/mol. The number of fused-ring (bicyclic) bond motifs is 4. The fourth-order valence-electron chi connectivity index (χ4n) is 11.0. The van der Waals surface area contributed by atoms with E-state index in [-0.39, 0.29) is 16.4 Å². The normalized spacial score (nSPS) is 21.7. The van der Waals surface area contributed by atoms with Gasteiger partial charge in [-0.05, 0) is 84.7 Å². The van der Waals surface area contributed by atoms with Gasteiger partial charge in [0.25, 0.3) is 0 Å². The largest absolute Gasteiger partial charge is 0.355 e. The van der Waals surface area contributed by atoms with Gasteiger partial charge in [-0.15, -0.1) is 0 Å². The Morgan fingerprint density at radius 1 is 0.654 bits per heavy atom. The molecule has 2 unspecified atom stereocenters. The zero-order valence-corrected chi connectivity index (χ0v) is 30.8. The molecular weight excluding hydrogens is 629 g/mol. The van der Waals surface area contributed by atoms with Gasteiger partial charge in [-0.2, -0.15) is 0 Å². The average Bonchev–Trinajstić information content (AvgIpc) is 3.61. The number of rotatable bonds is 4. The first-order chi connectivity index (χ1) is 25.2. The van der Waals surface area contributed by atoms with Crippen molar-refractivity contribution in [1.29, 1.82) is 0 Å². The second-order valence-corrected chi connectivity index (χ2v) is 16.8. The standard InChI is InChI=1S/C48H43BN3/c1-29-22-24-30(25-23-29)50-38-20-8-6-14-31(38)33-28-40(52-39-21-9-7-16-34(39)47(4)26-10-11-27-48(47,52)5)41-32-15-12-17-35-43(32)51-44-36(46(35,2)3)18-13-19-37(44)49-42(33)45(41)51/h6-9,12-25,28,50H,10-11,26-27H2,1-5H3. The number of nitrogens with zero attached hydrogens (tertiary/aromatic N) is 2. The van der Waals surface area contributed by atoms with Crippen molar-refractivity contribution in [1.82, 2.24) is 4.57 Å². The second-order valence-electron chi connectivity index (χ2n) is 16.8. The monoisotopic (exact) mass is 672 g/mol. The van der Waals surface area contributed by atoms with Crippen LogP contribution in [0.2, 0.25) is 0 Å². The molecule has 1 aromatic heterocycles. The van der Waals surface area contributed by atoms with Gasteiger partial charge in [0.05, 0.1) is 22.3 Å². The Labute approximate surface area is 307 Å². The summed E-state index contributed by atoms with van der Waals surface area (Å²) >= 11 is 0. The summed E-state index contributed by atoms with van der Waals surface area (Å²) in [6.45, 7) is 12.1. The molecule has 11 rings (SSSR count). The highest BCUT2D eigenvalue weighted by Gasteiger charge is 2.58. The molecule has 0 spiro atoms. The fraction of sp³-hybridized carbons (Fsp3) is 0.250. The fourth-order valence-corrected chi connectivity index (χ4v) is 11.0. The Morgan fingerprint density at radius 2 is 1.38 bits per heavy atom. The number of benzene rings is 6. The molecule has 4 heteroatoms. The molecule has 1 fully saturated rings. The Morgan fingerprint density at radius 3 is 2.25 bits per heavy atom. The lowest BCUT2D eigenvalue weighted by molar-refractivity contribution is 0.195. The van der Waals surface area contributed by atoms with E-state index >= 15 is 0 Å². The van der Waals surface area contributed by atoms with Crippen LogP contribution in [0.1, 0.15) is 75.6 Å². The molecule has 1 aliphatic carbocycles. The minimum atomic E-state index is -0.123. The lowest BCUT2D eigenvalue weighted by atomic mass is 9.57. The van der Waals surface area contributed by atoms with E-state index in [1.165, 1.54) is 109 Å². The summed E-state index contributed by atoms with van der Waals surface area (Å²) in [5.74, 6) is 0. The van der Waals surface area contributed by atoms with Gasteiger partial charge in [-0.1, -0.05) is 130 Å². The van der Waals surface area contributed by atoms with Gasteiger partial charge >= 0.3 is 0 Å². The summed E-state index contributed by atoms with van der Waals surface area (Å²) in [5, 5.41) is 6.57. The van der Waals surface area contributed by atoms with Crippen molar-refractivity contribution >= 4 is 62.8 Å². The van der Waals surface area contributed by atoms with Gasteiger partial charge in [-0.25, -0.2) is 0 Å². The highest BCUT2D eigenvalue weighted by Crippen LogP contribution is 2.62. The molecule has 1 saturated carbocycles. The van der Waals surface area contributed by atoms with E-state index in [1.54, 1.807) is 0 Å². The van der Waals surface area contributed by atoms with E-state index in [9.17, 15) is 0 Å². The van der Waals surface area contributed by atoms with Crippen molar-refractivity contribution in [2.24, 2.45) is 0 Å². The first kappa shape index (κ1) is 30.4. The highest BCUT2D eigenvalue weighted by atomic mass is 15.3. The number of hydrogen-bond donors (Lipinski definition) is 1. The van der Waals surface area contributed by atoms with Gasteiger partial charge < -0.3 is 14.8 Å². The number of aromatic nitrogens is 1. The maximum Gasteiger partial charge on any atom is 0.197 e. The maximum absolute atomic E-state index is 3.83. The minimum absolute atomic E-state index is 0.0559. The van der Waals surface area contributed by atoms with Crippen LogP contribution in [-0.2, 0) is 10.8 Å². The zero-order valence-electron chi connectivity index (χ0n) is 30.8. The molecule has 4 heterocycles. The molecule has 0 amide bonds. The summed E-state index contributed by atoms with van der Waals surface area (Å²) in [6.07, 6.45) is 4.90. The van der Waals surface area contributed by atoms with Crippen molar-refractivity contribution in [3.8, 4) is 16.8 Å². The molecule has 1 radical (unpaired) electrons. The summed E-state index contributed by atoms with van der Waals surface area (Å²) in [4.78, 5) is 2.81. The van der Waals surface area contributed by atoms with Crippen molar-refractivity contribution in [3.05, 3.63) is 138 Å². The quantitative estimate of drug-likeness (QED) is 0.188. The van der Waals surface area contributed by atoms with Crippen molar-refractivity contribution in [2.75, 3.05) is 10.2 Å². The van der Waals surface area contributed by atoms with Crippen LogP contribution in [-0.4, -0.2) is 17.4 Å². The van der Waals surface area contributed by atoms with Crippen LogP contribution in [0.3, 0.4) is 0 Å². The lowest BCUT2D eigenvalue weighted by Crippen LogP contribution is -2.54. The van der Waals surface area contributed by atoms with E-state index in [2.05, 4.69) is 172 Å². The van der Waals surface area contributed by atoms with Crippen molar-refractivity contribution in [2.45, 2.75) is 76.7 Å². The Kier molecular flexibility index (Phi) is 5.98. The third-order valence-corrected chi connectivity index (χ3v) is 13.8. The van der Waals surface area contributed by atoms with Crippen LogP contribution >= 0.6 is 0 Å². The van der Waals surface area contributed by atoms with Gasteiger partial charge in [0, 0.05) is 49.9 Å². The van der Waals surface area contributed by atoms with Crippen LogP contribution in [0, 0.1) is 6.92 Å². The SMILES string of the molecule is Cc1ccc(Nc2ccccc2-c2cc(N3c4ccccc4C4(C)CCCCC34C)c3c4cccc5c4n4c3c2[B]c2cccc(c2-4)C5(C)C)cc1. The third-order valence-electron chi connectivity index (χ3n) is 13.8. The molecule has 3 nitrogen and oxygen atoms in total. The summed E-state index contributed by atoms with van der Waals surface area (Å²) in [5.41, 5.74) is 19.5. The molecule has 0 saturated heterocycles.